The predicted octanol–water partition coefficient (Wildman–Crippen LogP) is 5.89. The minimum Gasteiger partial charge on any atom is -0.308 e. The molecular formula is C18H18Cl2N2OS. The van der Waals surface area contributed by atoms with Crippen molar-refractivity contribution in [2.75, 3.05) is 17.6 Å². The van der Waals surface area contributed by atoms with Gasteiger partial charge in [0.2, 0.25) is 0 Å². The third-order valence-electron chi connectivity index (χ3n) is 4.04. The summed E-state index contributed by atoms with van der Waals surface area (Å²) in [6, 6.07) is 11.3. The first-order valence-electron chi connectivity index (χ1n) is 7.68. The van der Waals surface area contributed by atoms with Crippen molar-refractivity contribution >= 4 is 46.7 Å². The van der Waals surface area contributed by atoms with Crippen LogP contribution in [0.2, 0.25) is 10.0 Å². The highest BCUT2D eigenvalue weighted by atomic mass is 35.5. The summed E-state index contributed by atoms with van der Waals surface area (Å²) in [5.41, 5.74) is 4.05. The summed E-state index contributed by atoms with van der Waals surface area (Å²) < 4.78 is 0. The minimum atomic E-state index is -0.181. The number of nitrogens with zero attached hydrogens (tertiary/aromatic N) is 1. The van der Waals surface area contributed by atoms with Crippen molar-refractivity contribution in [1.82, 2.24) is 4.90 Å². The number of aryl methyl sites for hydroxylation is 2. The third-order valence-corrected chi connectivity index (χ3v) is 5.91. The summed E-state index contributed by atoms with van der Waals surface area (Å²) in [4.78, 5) is 14.6. The Bertz CT molecular complexity index is 761. The number of carbonyl (C=O) groups excluding carboxylic acids is 1. The zero-order valence-corrected chi connectivity index (χ0v) is 15.8. The molecule has 1 aliphatic rings. The molecule has 24 heavy (non-hydrogen) atoms. The Kier molecular flexibility index (Phi) is 5.28. The number of nitrogens with one attached hydrogen (secondary N) is 1. The molecule has 2 aromatic rings. The standard InChI is InChI=1S/C18H18Cl2N2OS/c1-11-6-7-13(12(2)10-11)17-22(8-9-24-17)18(23)21-16-14(19)4-3-5-15(16)20/h3-7,10,17H,8-9H2,1-2H3,(H,21,23)/t17-/m1/s1. The quantitative estimate of drug-likeness (QED) is 0.704. The molecule has 1 heterocycles. The molecular weight excluding hydrogens is 363 g/mol. The molecule has 1 N–H and O–H groups in total. The average molecular weight is 381 g/mol. The lowest BCUT2D eigenvalue weighted by molar-refractivity contribution is 0.214. The largest absolute Gasteiger partial charge is 0.323 e. The Hall–Kier alpha value is -1.36. The number of halogens is 2. The number of para-hydroxylation sites is 1. The lowest BCUT2D eigenvalue weighted by Gasteiger charge is -2.26. The highest BCUT2D eigenvalue weighted by molar-refractivity contribution is 7.99. The van der Waals surface area contributed by atoms with Crippen LogP contribution in [0.3, 0.4) is 0 Å². The Morgan fingerprint density at radius 3 is 2.58 bits per heavy atom. The fourth-order valence-corrected chi connectivity index (χ4v) is 4.68. The van der Waals surface area contributed by atoms with Crippen molar-refractivity contribution in [3.8, 4) is 0 Å². The van der Waals surface area contributed by atoms with Crippen molar-refractivity contribution < 1.29 is 4.79 Å². The van der Waals surface area contributed by atoms with E-state index in [9.17, 15) is 4.79 Å². The molecule has 0 spiro atoms. The monoisotopic (exact) mass is 380 g/mol. The lowest BCUT2D eigenvalue weighted by atomic mass is 10.1. The van der Waals surface area contributed by atoms with Crippen LogP contribution < -0.4 is 5.32 Å². The van der Waals surface area contributed by atoms with Gasteiger partial charge in [0.25, 0.3) is 0 Å². The molecule has 0 aromatic heterocycles. The van der Waals surface area contributed by atoms with Crippen LogP contribution in [0.15, 0.2) is 36.4 Å². The molecule has 0 radical (unpaired) electrons. The number of thioether (sulfide) groups is 1. The van der Waals surface area contributed by atoms with Crippen molar-refractivity contribution in [2.45, 2.75) is 19.2 Å². The molecule has 1 saturated heterocycles. The number of urea groups is 1. The Balaban J connectivity index is 1.84. The minimum absolute atomic E-state index is 0.00635. The maximum atomic E-state index is 12.8. The van der Waals surface area contributed by atoms with E-state index in [4.69, 9.17) is 23.2 Å². The van der Waals surface area contributed by atoms with Crippen molar-refractivity contribution in [1.29, 1.82) is 0 Å². The van der Waals surface area contributed by atoms with Gasteiger partial charge in [0, 0.05) is 12.3 Å². The zero-order chi connectivity index (χ0) is 17.3. The molecule has 1 atom stereocenters. The normalized spacial score (nSPS) is 17.2. The summed E-state index contributed by atoms with van der Waals surface area (Å²) in [7, 11) is 0. The number of hydrogen-bond acceptors (Lipinski definition) is 2. The molecule has 126 valence electrons. The predicted molar refractivity (Wildman–Crippen MR) is 103 cm³/mol. The first-order chi connectivity index (χ1) is 11.5. The molecule has 2 amide bonds. The van der Waals surface area contributed by atoms with E-state index in [0.29, 0.717) is 22.3 Å². The number of amides is 2. The second kappa shape index (κ2) is 7.26. The van der Waals surface area contributed by atoms with E-state index in [1.807, 2.05) is 4.90 Å². The average Bonchev–Trinajstić information content (AvgIpc) is 3.00. The number of rotatable bonds is 2. The van der Waals surface area contributed by atoms with Gasteiger partial charge in [-0.15, -0.1) is 11.8 Å². The first-order valence-corrected chi connectivity index (χ1v) is 9.48. The van der Waals surface area contributed by atoms with Gasteiger partial charge in [0.05, 0.1) is 15.7 Å². The first kappa shape index (κ1) is 17.5. The van der Waals surface area contributed by atoms with Gasteiger partial charge >= 0.3 is 6.03 Å². The molecule has 0 aliphatic carbocycles. The molecule has 1 fully saturated rings. The number of hydrogen-bond donors (Lipinski definition) is 1. The SMILES string of the molecule is Cc1ccc([C@H]2SCCN2C(=O)Nc2c(Cl)cccc2Cl)c(C)c1. The molecule has 0 unspecified atom stereocenters. The van der Waals surface area contributed by atoms with Gasteiger partial charge < -0.3 is 10.2 Å². The van der Waals surface area contributed by atoms with E-state index in [-0.39, 0.29) is 11.4 Å². The molecule has 6 heteroatoms. The van der Waals surface area contributed by atoms with E-state index >= 15 is 0 Å². The smallest absolute Gasteiger partial charge is 0.308 e. The summed E-state index contributed by atoms with van der Waals surface area (Å²) >= 11 is 14.1. The number of benzene rings is 2. The van der Waals surface area contributed by atoms with Gasteiger partial charge in [-0.25, -0.2) is 4.79 Å². The summed E-state index contributed by atoms with van der Waals surface area (Å²) in [6.45, 7) is 4.85. The molecule has 3 rings (SSSR count). The second-order valence-corrected chi connectivity index (χ2v) is 7.81. The van der Waals surface area contributed by atoms with Crippen LogP contribution in [0.5, 0.6) is 0 Å². The molecule has 2 aromatic carbocycles. The second-order valence-electron chi connectivity index (χ2n) is 5.80. The van der Waals surface area contributed by atoms with Crippen LogP contribution >= 0.6 is 35.0 Å². The molecule has 0 bridgehead atoms. The van der Waals surface area contributed by atoms with E-state index in [2.05, 4.69) is 37.4 Å². The fraction of sp³-hybridized carbons (Fsp3) is 0.278. The number of carbonyl (C=O) groups is 1. The third kappa shape index (κ3) is 3.51. The van der Waals surface area contributed by atoms with Gasteiger partial charge in [-0.2, -0.15) is 0 Å². The van der Waals surface area contributed by atoms with Crippen LogP contribution in [-0.2, 0) is 0 Å². The van der Waals surface area contributed by atoms with Crippen molar-refractivity contribution in [3.63, 3.8) is 0 Å². The maximum Gasteiger partial charge on any atom is 0.323 e. The zero-order valence-electron chi connectivity index (χ0n) is 13.5. The molecule has 3 nitrogen and oxygen atoms in total. The fourth-order valence-electron chi connectivity index (χ4n) is 2.83. The highest BCUT2D eigenvalue weighted by Gasteiger charge is 2.32. The van der Waals surface area contributed by atoms with E-state index in [1.165, 1.54) is 16.7 Å². The Morgan fingerprint density at radius 2 is 1.92 bits per heavy atom. The maximum absolute atomic E-state index is 12.8. The van der Waals surface area contributed by atoms with Gasteiger partial charge in [-0.3, -0.25) is 0 Å². The van der Waals surface area contributed by atoms with E-state index < -0.39 is 0 Å². The van der Waals surface area contributed by atoms with E-state index in [0.717, 1.165) is 5.75 Å². The van der Waals surface area contributed by atoms with Crippen LogP contribution in [0.1, 0.15) is 22.1 Å². The topological polar surface area (TPSA) is 32.3 Å². The lowest BCUT2D eigenvalue weighted by Crippen LogP contribution is -2.34. The van der Waals surface area contributed by atoms with Crippen LogP contribution in [-0.4, -0.2) is 23.2 Å². The summed E-state index contributed by atoms with van der Waals surface area (Å²) in [5, 5.41) is 3.74. The highest BCUT2D eigenvalue weighted by Crippen LogP contribution is 2.40. The van der Waals surface area contributed by atoms with Gasteiger partial charge in [-0.05, 0) is 37.1 Å². The molecule has 1 aliphatic heterocycles. The summed E-state index contributed by atoms with van der Waals surface area (Å²) in [5.74, 6) is 0.904. The Morgan fingerprint density at radius 1 is 1.21 bits per heavy atom. The van der Waals surface area contributed by atoms with Gasteiger partial charge in [0.1, 0.15) is 5.37 Å². The van der Waals surface area contributed by atoms with Crippen molar-refractivity contribution in [2.24, 2.45) is 0 Å². The van der Waals surface area contributed by atoms with Crippen LogP contribution in [0.4, 0.5) is 10.5 Å². The van der Waals surface area contributed by atoms with Crippen molar-refractivity contribution in [3.05, 3.63) is 63.1 Å². The Labute approximate surface area is 156 Å². The van der Waals surface area contributed by atoms with Gasteiger partial charge in [0.15, 0.2) is 0 Å². The van der Waals surface area contributed by atoms with Gasteiger partial charge in [-0.1, -0.05) is 53.0 Å². The van der Waals surface area contributed by atoms with Crippen LogP contribution in [0, 0.1) is 13.8 Å². The number of anilines is 1. The molecule has 0 saturated carbocycles. The van der Waals surface area contributed by atoms with Crippen LogP contribution in [0.25, 0.3) is 0 Å². The summed E-state index contributed by atoms with van der Waals surface area (Å²) in [6.07, 6.45) is 0. The van der Waals surface area contributed by atoms with E-state index in [1.54, 1.807) is 30.0 Å².